The highest BCUT2D eigenvalue weighted by atomic mass is 16.5. The Hall–Kier alpha value is -1.18. The van der Waals surface area contributed by atoms with Crippen LogP contribution in [0.15, 0.2) is 6.07 Å². The summed E-state index contributed by atoms with van der Waals surface area (Å²) in [5, 5.41) is 11.0. The predicted octanol–water partition coefficient (Wildman–Crippen LogP) is 5.16. The van der Waals surface area contributed by atoms with E-state index in [0.717, 1.165) is 17.9 Å². The zero-order valence-electron chi connectivity index (χ0n) is 14.7. The Morgan fingerprint density at radius 2 is 2.05 bits per heavy atom. The second-order valence-electron chi connectivity index (χ2n) is 7.97. The van der Waals surface area contributed by atoms with E-state index in [4.69, 9.17) is 4.74 Å². The van der Waals surface area contributed by atoms with E-state index in [1.807, 2.05) is 0 Å². The van der Waals surface area contributed by atoms with Crippen LogP contribution in [0.25, 0.3) is 0 Å². The van der Waals surface area contributed by atoms with Gasteiger partial charge in [0.2, 0.25) is 0 Å². The van der Waals surface area contributed by atoms with Crippen LogP contribution in [0, 0.1) is 11.8 Å². The molecule has 1 N–H and O–H groups in total. The fraction of sp³-hybridized carbons (Fsp3) is 0.700. The smallest absolute Gasteiger partial charge is 0.164 e. The van der Waals surface area contributed by atoms with Gasteiger partial charge < -0.3 is 9.84 Å². The van der Waals surface area contributed by atoms with Crippen LogP contribution in [0.2, 0.25) is 0 Å². The zero-order chi connectivity index (χ0) is 16.1. The minimum absolute atomic E-state index is 0.109. The van der Waals surface area contributed by atoms with Gasteiger partial charge in [0.25, 0.3) is 0 Å². The molecule has 3 rings (SSSR count). The van der Waals surface area contributed by atoms with Gasteiger partial charge in [-0.25, -0.2) is 0 Å². The Bertz CT molecular complexity index is 576. The number of hydrogen-bond acceptors (Lipinski definition) is 2. The van der Waals surface area contributed by atoms with E-state index >= 15 is 0 Å². The normalized spacial score (nSPS) is 30.8. The maximum Gasteiger partial charge on any atom is 0.164 e. The molecule has 1 fully saturated rings. The molecule has 0 aromatic heterocycles. The van der Waals surface area contributed by atoms with Crippen LogP contribution in [0.1, 0.15) is 76.0 Å². The lowest BCUT2D eigenvalue weighted by Crippen LogP contribution is -2.43. The van der Waals surface area contributed by atoms with Gasteiger partial charge in [-0.1, -0.05) is 46.6 Å². The van der Waals surface area contributed by atoms with Crippen molar-refractivity contribution >= 4 is 0 Å². The highest BCUT2D eigenvalue weighted by molar-refractivity contribution is 5.59. The summed E-state index contributed by atoms with van der Waals surface area (Å²) in [4.78, 5) is 0. The quantitative estimate of drug-likeness (QED) is 0.817. The van der Waals surface area contributed by atoms with Crippen LogP contribution in [0.3, 0.4) is 0 Å². The molecule has 1 saturated carbocycles. The third kappa shape index (κ3) is 2.14. The van der Waals surface area contributed by atoms with Crippen LogP contribution in [-0.2, 0) is 11.8 Å². The number of aromatic hydroxyl groups is 1. The summed E-state index contributed by atoms with van der Waals surface area (Å²) in [6, 6.07) is 2.30. The zero-order valence-corrected chi connectivity index (χ0v) is 14.7. The second kappa shape index (κ2) is 5.47. The molecule has 2 nitrogen and oxygen atoms in total. The molecule has 0 spiro atoms. The fourth-order valence-corrected chi connectivity index (χ4v) is 5.24. The van der Waals surface area contributed by atoms with Gasteiger partial charge >= 0.3 is 0 Å². The molecule has 0 saturated heterocycles. The van der Waals surface area contributed by atoms with Crippen LogP contribution in [-0.4, -0.2) is 12.2 Å². The van der Waals surface area contributed by atoms with Gasteiger partial charge in [-0.2, -0.15) is 0 Å². The lowest BCUT2D eigenvalue weighted by atomic mass is 9.55. The van der Waals surface area contributed by atoms with Crippen LogP contribution < -0.4 is 4.74 Å². The van der Waals surface area contributed by atoms with E-state index in [0.29, 0.717) is 23.3 Å². The Morgan fingerprint density at radius 3 is 2.68 bits per heavy atom. The first-order chi connectivity index (χ1) is 10.4. The molecule has 2 unspecified atom stereocenters. The SMILES string of the molecule is COc1c(C(C)C)cc2c(c1O)C1(C)CCCC(C)[C@@H]1CC2. The number of hydrogen-bond donors (Lipinski definition) is 1. The van der Waals surface area contributed by atoms with Gasteiger partial charge in [0.05, 0.1) is 7.11 Å². The Morgan fingerprint density at radius 1 is 1.32 bits per heavy atom. The molecular weight excluding hydrogens is 272 g/mol. The number of phenolic OH excluding ortho intramolecular Hbond substituents is 1. The average molecular weight is 302 g/mol. The van der Waals surface area contributed by atoms with Gasteiger partial charge in [0.15, 0.2) is 11.5 Å². The van der Waals surface area contributed by atoms with Crippen LogP contribution >= 0.6 is 0 Å². The minimum Gasteiger partial charge on any atom is -0.504 e. The Labute approximate surface area is 134 Å². The number of rotatable bonds is 2. The minimum atomic E-state index is 0.109. The summed E-state index contributed by atoms with van der Waals surface area (Å²) in [7, 11) is 1.68. The van der Waals surface area contributed by atoms with Gasteiger partial charge in [-0.3, -0.25) is 0 Å². The van der Waals surface area contributed by atoms with Gasteiger partial charge in [0, 0.05) is 11.1 Å². The van der Waals surface area contributed by atoms with Crippen molar-refractivity contribution in [3.05, 3.63) is 22.8 Å². The van der Waals surface area contributed by atoms with Crippen molar-refractivity contribution in [2.75, 3.05) is 7.11 Å². The maximum absolute atomic E-state index is 11.0. The molecule has 0 aliphatic heterocycles. The summed E-state index contributed by atoms with van der Waals surface area (Å²) in [6.07, 6.45) is 6.14. The maximum atomic E-state index is 11.0. The van der Waals surface area contributed by atoms with E-state index in [2.05, 4.69) is 33.8 Å². The summed E-state index contributed by atoms with van der Waals surface area (Å²) in [6.45, 7) is 9.10. The van der Waals surface area contributed by atoms with E-state index in [1.54, 1.807) is 7.11 Å². The van der Waals surface area contributed by atoms with Crippen LogP contribution in [0.5, 0.6) is 11.5 Å². The third-order valence-corrected chi connectivity index (χ3v) is 6.35. The van der Waals surface area contributed by atoms with Crippen molar-refractivity contribution in [2.24, 2.45) is 11.8 Å². The lowest BCUT2D eigenvalue weighted by Gasteiger charge is -2.50. The first-order valence-electron chi connectivity index (χ1n) is 8.83. The predicted molar refractivity (Wildman–Crippen MR) is 90.9 cm³/mol. The molecule has 122 valence electrons. The van der Waals surface area contributed by atoms with Gasteiger partial charge in [0.1, 0.15) is 0 Å². The van der Waals surface area contributed by atoms with Crippen LogP contribution in [0.4, 0.5) is 0 Å². The molecule has 0 bridgehead atoms. The topological polar surface area (TPSA) is 29.5 Å². The number of ether oxygens (including phenoxy) is 1. The molecule has 1 aromatic carbocycles. The van der Waals surface area contributed by atoms with Gasteiger partial charge in [-0.15, -0.1) is 0 Å². The standard InChI is InChI=1S/C20H30O2/c1-12(2)15-11-14-8-9-16-13(3)7-6-10-20(16,4)17(14)18(21)19(15)22-5/h11-13,16,21H,6-10H2,1-5H3/t13?,16-,20?/m0/s1. The number of phenols is 1. The monoisotopic (exact) mass is 302 g/mol. The Balaban J connectivity index is 2.21. The number of aryl methyl sites for hydroxylation is 1. The molecule has 0 heterocycles. The molecule has 3 atom stereocenters. The van der Waals surface area contributed by atoms with E-state index in [-0.39, 0.29) is 5.41 Å². The molecule has 2 aliphatic carbocycles. The molecule has 0 amide bonds. The lowest BCUT2D eigenvalue weighted by molar-refractivity contribution is 0.114. The average Bonchev–Trinajstić information content (AvgIpc) is 2.46. The third-order valence-electron chi connectivity index (χ3n) is 6.35. The second-order valence-corrected chi connectivity index (χ2v) is 7.97. The number of fused-ring (bicyclic) bond motifs is 3. The Kier molecular flexibility index (Phi) is 3.91. The van der Waals surface area contributed by atoms with Crippen molar-refractivity contribution in [3.63, 3.8) is 0 Å². The summed E-state index contributed by atoms with van der Waals surface area (Å²) in [5.41, 5.74) is 3.80. The number of benzene rings is 1. The fourth-order valence-electron chi connectivity index (χ4n) is 5.24. The largest absolute Gasteiger partial charge is 0.504 e. The molecule has 2 aliphatic rings. The van der Waals surface area contributed by atoms with Crippen molar-refractivity contribution in [1.29, 1.82) is 0 Å². The summed E-state index contributed by atoms with van der Waals surface area (Å²) in [5.74, 6) is 2.93. The van der Waals surface area contributed by atoms with Crippen molar-refractivity contribution < 1.29 is 9.84 Å². The van der Waals surface area contributed by atoms with Crippen molar-refractivity contribution in [1.82, 2.24) is 0 Å². The summed E-state index contributed by atoms with van der Waals surface area (Å²) < 4.78 is 5.61. The molecular formula is C20H30O2. The highest BCUT2D eigenvalue weighted by Gasteiger charge is 2.47. The van der Waals surface area contributed by atoms with Gasteiger partial charge in [-0.05, 0) is 48.0 Å². The molecule has 2 heteroatoms. The highest BCUT2D eigenvalue weighted by Crippen LogP contribution is 2.57. The van der Waals surface area contributed by atoms with Crippen molar-refractivity contribution in [2.45, 2.75) is 71.1 Å². The first-order valence-corrected chi connectivity index (χ1v) is 8.83. The number of methoxy groups -OCH3 is 1. The van der Waals surface area contributed by atoms with E-state index in [9.17, 15) is 5.11 Å². The first kappa shape index (κ1) is 15.7. The van der Waals surface area contributed by atoms with E-state index < -0.39 is 0 Å². The summed E-state index contributed by atoms with van der Waals surface area (Å²) >= 11 is 0. The van der Waals surface area contributed by atoms with Crippen molar-refractivity contribution in [3.8, 4) is 11.5 Å². The molecule has 1 aromatic rings. The molecule has 22 heavy (non-hydrogen) atoms. The molecule has 0 radical (unpaired) electrons. The van der Waals surface area contributed by atoms with E-state index in [1.165, 1.54) is 36.8 Å².